The predicted octanol–water partition coefficient (Wildman–Crippen LogP) is 3.33. The van der Waals surface area contributed by atoms with Gasteiger partial charge in [-0.2, -0.15) is 0 Å². The van der Waals surface area contributed by atoms with E-state index in [2.05, 4.69) is 32.6 Å². The standard InChI is InChI=1S/C17H27FN2O/c1-6-20(14-10-8-7-9-13(14)18)17(12-19)11-15(2,3)21-16(17,4)5/h7-10H,6,11-12,19H2,1-5H3. The first-order valence-electron chi connectivity index (χ1n) is 7.61. The number of nitrogens with two attached hydrogens (primary N) is 1. The van der Waals surface area contributed by atoms with Gasteiger partial charge in [0.2, 0.25) is 0 Å². The molecule has 21 heavy (non-hydrogen) atoms. The Morgan fingerprint density at radius 3 is 2.29 bits per heavy atom. The molecule has 1 aliphatic rings. The van der Waals surface area contributed by atoms with Crippen molar-refractivity contribution in [2.75, 3.05) is 18.0 Å². The minimum absolute atomic E-state index is 0.215. The number of hydrogen-bond donors (Lipinski definition) is 1. The molecule has 4 heteroatoms. The van der Waals surface area contributed by atoms with Gasteiger partial charge in [-0.05, 0) is 46.8 Å². The maximum Gasteiger partial charge on any atom is 0.146 e. The molecule has 1 aromatic carbocycles. The highest BCUT2D eigenvalue weighted by Crippen LogP contribution is 2.49. The highest BCUT2D eigenvalue weighted by molar-refractivity contribution is 5.52. The summed E-state index contributed by atoms with van der Waals surface area (Å²) in [5.41, 5.74) is 5.63. The van der Waals surface area contributed by atoms with Gasteiger partial charge in [-0.25, -0.2) is 4.39 Å². The van der Waals surface area contributed by atoms with E-state index < -0.39 is 11.1 Å². The summed E-state index contributed by atoms with van der Waals surface area (Å²) < 4.78 is 20.6. The molecule has 0 amide bonds. The summed E-state index contributed by atoms with van der Waals surface area (Å²) in [5, 5.41) is 0. The molecule has 0 saturated carbocycles. The van der Waals surface area contributed by atoms with Crippen LogP contribution in [0.1, 0.15) is 41.0 Å². The Bertz CT molecular complexity index is 515. The average Bonchev–Trinajstić information content (AvgIpc) is 2.57. The first kappa shape index (κ1) is 16.2. The van der Waals surface area contributed by atoms with E-state index in [1.807, 2.05) is 19.1 Å². The van der Waals surface area contributed by atoms with Crippen LogP contribution in [0.5, 0.6) is 0 Å². The fourth-order valence-electron chi connectivity index (χ4n) is 3.96. The summed E-state index contributed by atoms with van der Waals surface area (Å²) in [4.78, 5) is 2.08. The number of anilines is 1. The smallest absolute Gasteiger partial charge is 0.146 e. The molecular formula is C17H27FN2O. The fraction of sp³-hybridized carbons (Fsp3) is 0.647. The summed E-state index contributed by atoms with van der Waals surface area (Å²) in [5.74, 6) is -0.215. The first-order valence-corrected chi connectivity index (χ1v) is 7.61. The van der Waals surface area contributed by atoms with E-state index in [1.54, 1.807) is 6.07 Å². The Labute approximate surface area is 127 Å². The van der Waals surface area contributed by atoms with E-state index in [1.165, 1.54) is 6.07 Å². The van der Waals surface area contributed by atoms with Gasteiger partial charge in [-0.15, -0.1) is 0 Å². The monoisotopic (exact) mass is 294 g/mol. The van der Waals surface area contributed by atoms with Crippen LogP contribution < -0.4 is 10.6 Å². The molecule has 1 heterocycles. The summed E-state index contributed by atoms with van der Waals surface area (Å²) >= 11 is 0. The molecule has 1 aliphatic heterocycles. The van der Waals surface area contributed by atoms with E-state index in [9.17, 15) is 4.39 Å². The Morgan fingerprint density at radius 1 is 1.24 bits per heavy atom. The molecule has 0 spiro atoms. The molecule has 0 aliphatic carbocycles. The Balaban J connectivity index is 2.55. The quantitative estimate of drug-likeness (QED) is 0.925. The normalized spacial score (nSPS) is 26.8. The van der Waals surface area contributed by atoms with Crippen molar-refractivity contribution in [1.82, 2.24) is 0 Å². The van der Waals surface area contributed by atoms with E-state index in [-0.39, 0.29) is 11.4 Å². The van der Waals surface area contributed by atoms with Crippen molar-refractivity contribution in [2.24, 2.45) is 5.73 Å². The third-order valence-electron chi connectivity index (χ3n) is 4.68. The van der Waals surface area contributed by atoms with E-state index >= 15 is 0 Å². The summed E-state index contributed by atoms with van der Waals surface area (Å²) in [6, 6.07) is 6.88. The lowest BCUT2D eigenvalue weighted by molar-refractivity contribution is -0.0783. The number of para-hydroxylation sites is 1. The molecular weight excluding hydrogens is 267 g/mol. The number of hydrogen-bond acceptors (Lipinski definition) is 3. The molecule has 0 aromatic heterocycles. The number of nitrogens with zero attached hydrogens (tertiary/aromatic N) is 1. The lowest BCUT2D eigenvalue weighted by Crippen LogP contribution is -2.64. The zero-order valence-electron chi connectivity index (χ0n) is 13.7. The van der Waals surface area contributed by atoms with Crippen LogP contribution in [0.4, 0.5) is 10.1 Å². The largest absolute Gasteiger partial charge is 0.367 e. The lowest BCUT2D eigenvalue weighted by atomic mass is 9.77. The fourth-order valence-corrected chi connectivity index (χ4v) is 3.96. The number of rotatable bonds is 4. The minimum Gasteiger partial charge on any atom is -0.367 e. The van der Waals surface area contributed by atoms with Crippen molar-refractivity contribution in [1.29, 1.82) is 0 Å². The number of ether oxygens (including phenoxy) is 1. The second-order valence-corrected chi connectivity index (χ2v) is 6.98. The third kappa shape index (κ3) is 2.55. The van der Waals surface area contributed by atoms with Gasteiger partial charge in [0.1, 0.15) is 5.82 Å². The highest BCUT2D eigenvalue weighted by Gasteiger charge is 2.59. The zero-order chi connectivity index (χ0) is 15.9. The topological polar surface area (TPSA) is 38.5 Å². The van der Waals surface area contributed by atoms with Crippen molar-refractivity contribution in [2.45, 2.75) is 57.8 Å². The average molecular weight is 294 g/mol. The number of likely N-dealkylation sites (N-methyl/N-ethyl adjacent to an activating group) is 1. The molecule has 118 valence electrons. The van der Waals surface area contributed by atoms with Gasteiger partial charge in [-0.3, -0.25) is 0 Å². The van der Waals surface area contributed by atoms with Crippen molar-refractivity contribution < 1.29 is 9.13 Å². The van der Waals surface area contributed by atoms with Crippen molar-refractivity contribution in [3.05, 3.63) is 30.1 Å². The molecule has 0 bridgehead atoms. The summed E-state index contributed by atoms with van der Waals surface area (Å²) in [6.07, 6.45) is 0.770. The molecule has 1 atom stereocenters. The van der Waals surface area contributed by atoms with Gasteiger partial charge < -0.3 is 15.4 Å². The van der Waals surface area contributed by atoms with Crippen LogP contribution in [0.2, 0.25) is 0 Å². The molecule has 2 rings (SSSR count). The van der Waals surface area contributed by atoms with Crippen LogP contribution in [0.25, 0.3) is 0 Å². The highest BCUT2D eigenvalue weighted by atomic mass is 19.1. The summed E-state index contributed by atoms with van der Waals surface area (Å²) in [7, 11) is 0. The van der Waals surface area contributed by atoms with Crippen LogP contribution in [0.3, 0.4) is 0 Å². The second kappa shape index (κ2) is 5.25. The maximum atomic E-state index is 14.3. The van der Waals surface area contributed by atoms with Gasteiger partial charge >= 0.3 is 0 Å². The van der Waals surface area contributed by atoms with Crippen molar-refractivity contribution in [3.8, 4) is 0 Å². The van der Waals surface area contributed by atoms with Crippen LogP contribution >= 0.6 is 0 Å². The van der Waals surface area contributed by atoms with Crippen LogP contribution in [-0.4, -0.2) is 29.8 Å². The zero-order valence-corrected chi connectivity index (χ0v) is 13.7. The Morgan fingerprint density at radius 2 is 1.86 bits per heavy atom. The Hall–Kier alpha value is -1.13. The molecule has 3 nitrogen and oxygen atoms in total. The van der Waals surface area contributed by atoms with E-state index in [4.69, 9.17) is 10.5 Å². The van der Waals surface area contributed by atoms with Gasteiger partial charge in [0, 0.05) is 19.5 Å². The number of halogens is 1. The Kier molecular flexibility index (Phi) is 4.06. The lowest BCUT2D eigenvalue weighted by Gasteiger charge is -2.48. The summed E-state index contributed by atoms with van der Waals surface area (Å²) in [6.45, 7) is 11.4. The van der Waals surface area contributed by atoms with E-state index in [0.717, 1.165) is 6.42 Å². The third-order valence-corrected chi connectivity index (χ3v) is 4.68. The molecule has 1 unspecified atom stereocenters. The first-order chi connectivity index (χ1) is 9.69. The van der Waals surface area contributed by atoms with Crippen molar-refractivity contribution in [3.63, 3.8) is 0 Å². The predicted molar refractivity (Wildman–Crippen MR) is 85.1 cm³/mol. The molecule has 2 N–H and O–H groups in total. The molecule has 1 saturated heterocycles. The number of benzene rings is 1. The van der Waals surface area contributed by atoms with Crippen molar-refractivity contribution >= 4 is 5.69 Å². The minimum atomic E-state index is -0.455. The second-order valence-electron chi connectivity index (χ2n) is 6.98. The SMILES string of the molecule is CCN(c1ccccc1F)C1(CN)CC(C)(C)OC1(C)C. The van der Waals surface area contributed by atoms with Gasteiger partial charge in [0.25, 0.3) is 0 Å². The van der Waals surface area contributed by atoms with Gasteiger partial charge in [-0.1, -0.05) is 12.1 Å². The molecule has 1 fully saturated rings. The van der Waals surface area contributed by atoms with Gasteiger partial charge in [0.05, 0.1) is 22.4 Å². The van der Waals surface area contributed by atoms with Gasteiger partial charge in [0.15, 0.2) is 0 Å². The molecule has 0 radical (unpaired) electrons. The van der Waals surface area contributed by atoms with E-state index in [0.29, 0.717) is 18.8 Å². The van der Waals surface area contributed by atoms with Crippen LogP contribution in [0.15, 0.2) is 24.3 Å². The maximum absolute atomic E-state index is 14.3. The van der Waals surface area contributed by atoms with Crippen LogP contribution in [-0.2, 0) is 4.74 Å². The molecule has 1 aromatic rings. The van der Waals surface area contributed by atoms with Crippen LogP contribution in [0, 0.1) is 5.82 Å².